The zero-order valence-electron chi connectivity index (χ0n) is 16.2. The van der Waals surface area contributed by atoms with Crippen LogP contribution in [-0.4, -0.2) is 56.9 Å². The van der Waals surface area contributed by atoms with E-state index in [0.29, 0.717) is 6.42 Å². The molecular formula is C20H28N6O. The number of nitrogens with zero attached hydrogens (tertiary/aromatic N) is 5. The number of aromatic nitrogens is 4. The van der Waals surface area contributed by atoms with Crippen molar-refractivity contribution in [3.8, 4) is 0 Å². The predicted octanol–water partition coefficient (Wildman–Crippen LogP) is 2.27. The van der Waals surface area contributed by atoms with Gasteiger partial charge in [-0.1, -0.05) is 0 Å². The fourth-order valence-electron chi connectivity index (χ4n) is 4.54. The van der Waals surface area contributed by atoms with Gasteiger partial charge in [-0.2, -0.15) is 0 Å². The second-order valence-electron chi connectivity index (χ2n) is 8.12. The highest BCUT2D eigenvalue weighted by Gasteiger charge is 2.42. The number of aryl methyl sites for hydroxylation is 2. The molecule has 0 bridgehead atoms. The van der Waals surface area contributed by atoms with E-state index in [2.05, 4.69) is 29.7 Å². The van der Waals surface area contributed by atoms with Crippen molar-refractivity contribution in [2.24, 2.45) is 5.41 Å². The van der Waals surface area contributed by atoms with Crippen LogP contribution in [0.4, 0.5) is 5.95 Å². The first-order chi connectivity index (χ1) is 13.0. The Kier molecular flexibility index (Phi) is 4.85. The van der Waals surface area contributed by atoms with Crippen LogP contribution in [0.3, 0.4) is 0 Å². The lowest BCUT2D eigenvalue weighted by atomic mass is 9.73. The normalized spacial score (nSPS) is 23.3. The highest BCUT2D eigenvalue weighted by atomic mass is 16.2. The summed E-state index contributed by atoms with van der Waals surface area (Å²) in [6.45, 7) is 7.56. The molecule has 2 aliphatic heterocycles. The van der Waals surface area contributed by atoms with Gasteiger partial charge in [0.15, 0.2) is 0 Å². The predicted molar refractivity (Wildman–Crippen MR) is 103 cm³/mol. The number of carbonyl (C=O) groups is 1. The number of imidazole rings is 1. The van der Waals surface area contributed by atoms with E-state index in [9.17, 15) is 4.79 Å². The molecule has 0 aliphatic carbocycles. The molecule has 0 unspecified atom stereocenters. The van der Waals surface area contributed by atoms with E-state index >= 15 is 0 Å². The van der Waals surface area contributed by atoms with Crippen LogP contribution in [-0.2, 0) is 11.2 Å². The number of anilines is 1. The van der Waals surface area contributed by atoms with E-state index in [4.69, 9.17) is 0 Å². The summed E-state index contributed by atoms with van der Waals surface area (Å²) in [7, 11) is 0. The SMILES string of the molecule is Cc1cc(C)nc(N2CCC[C@@]3(CCC(=O)N(CCc4cnc[nH]4)C3)C2)n1. The first-order valence-electron chi connectivity index (χ1n) is 9.85. The molecule has 2 fully saturated rings. The number of aromatic amines is 1. The van der Waals surface area contributed by atoms with E-state index < -0.39 is 0 Å². The average molecular weight is 368 g/mol. The monoisotopic (exact) mass is 368 g/mol. The van der Waals surface area contributed by atoms with Crippen molar-refractivity contribution in [3.05, 3.63) is 35.7 Å². The number of hydrogen-bond donors (Lipinski definition) is 1. The summed E-state index contributed by atoms with van der Waals surface area (Å²) in [5, 5.41) is 0. The van der Waals surface area contributed by atoms with Crippen LogP contribution in [0.25, 0.3) is 0 Å². The topological polar surface area (TPSA) is 78.0 Å². The van der Waals surface area contributed by atoms with Crippen LogP contribution in [0.2, 0.25) is 0 Å². The van der Waals surface area contributed by atoms with Crippen molar-refractivity contribution in [2.45, 2.75) is 46.0 Å². The molecule has 1 spiro atoms. The van der Waals surface area contributed by atoms with Gasteiger partial charge >= 0.3 is 0 Å². The van der Waals surface area contributed by atoms with E-state index in [1.165, 1.54) is 6.42 Å². The molecule has 144 valence electrons. The van der Waals surface area contributed by atoms with Gasteiger partial charge in [0, 0.05) is 67.7 Å². The third-order valence-electron chi connectivity index (χ3n) is 5.87. The van der Waals surface area contributed by atoms with Crippen LogP contribution < -0.4 is 4.90 Å². The van der Waals surface area contributed by atoms with Crippen LogP contribution >= 0.6 is 0 Å². The average Bonchev–Trinajstić information content (AvgIpc) is 3.16. The number of H-pyrrole nitrogens is 1. The third-order valence-corrected chi connectivity index (χ3v) is 5.87. The van der Waals surface area contributed by atoms with Gasteiger partial charge in [0.1, 0.15) is 0 Å². The molecule has 4 heterocycles. The van der Waals surface area contributed by atoms with Crippen LogP contribution in [0, 0.1) is 19.3 Å². The van der Waals surface area contributed by atoms with Gasteiger partial charge in [-0.05, 0) is 39.2 Å². The number of rotatable bonds is 4. The van der Waals surface area contributed by atoms with Crippen molar-refractivity contribution in [3.63, 3.8) is 0 Å². The molecule has 1 atom stereocenters. The highest BCUT2D eigenvalue weighted by molar-refractivity contribution is 5.77. The largest absolute Gasteiger partial charge is 0.348 e. The lowest BCUT2D eigenvalue weighted by Crippen LogP contribution is -2.54. The fourth-order valence-corrected chi connectivity index (χ4v) is 4.54. The van der Waals surface area contributed by atoms with E-state index in [-0.39, 0.29) is 11.3 Å². The highest BCUT2D eigenvalue weighted by Crippen LogP contribution is 2.39. The maximum absolute atomic E-state index is 12.5. The first-order valence-corrected chi connectivity index (χ1v) is 9.85. The number of hydrogen-bond acceptors (Lipinski definition) is 5. The van der Waals surface area contributed by atoms with Gasteiger partial charge in [-0.15, -0.1) is 0 Å². The minimum absolute atomic E-state index is 0.154. The summed E-state index contributed by atoms with van der Waals surface area (Å²) < 4.78 is 0. The van der Waals surface area contributed by atoms with Crippen molar-refractivity contribution in [1.29, 1.82) is 0 Å². The molecular weight excluding hydrogens is 340 g/mol. The zero-order valence-corrected chi connectivity index (χ0v) is 16.2. The van der Waals surface area contributed by atoms with Crippen LogP contribution in [0.1, 0.15) is 42.8 Å². The van der Waals surface area contributed by atoms with Gasteiger partial charge < -0.3 is 14.8 Å². The Bertz CT molecular complexity index is 785. The van der Waals surface area contributed by atoms with Crippen molar-refractivity contribution in [1.82, 2.24) is 24.8 Å². The molecule has 7 heteroatoms. The molecule has 2 aliphatic rings. The maximum atomic E-state index is 12.5. The lowest BCUT2D eigenvalue weighted by Gasteiger charge is -2.48. The van der Waals surface area contributed by atoms with Gasteiger partial charge in [-0.25, -0.2) is 15.0 Å². The molecule has 0 saturated carbocycles. The standard InChI is InChI=1S/C20H28N6O/c1-15-10-16(2)24-19(23-15)26-8-3-6-20(13-26)7-4-18(27)25(12-20)9-5-17-11-21-14-22-17/h10-11,14H,3-9,12-13H2,1-2H3,(H,21,22)/t20-/m0/s1. The molecule has 1 N–H and O–H groups in total. The fraction of sp³-hybridized carbons (Fsp3) is 0.600. The van der Waals surface area contributed by atoms with Crippen LogP contribution in [0.15, 0.2) is 18.6 Å². The molecule has 2 aromatic heterocycles. The van der Waals surface area contributed by atoms with E-state index in [1.807, 2.05) is 26.1 Å². The first kappa shape index (κ1) is 17.9. The Balaban J connectivity index is 1.47. The van der Waals surface area contributed by atoms with Gasteiger partial charge in [-0.3, -0.25) is 4.79 Å². The molecule has 4 rings (SSSR count). The van der Waals surface area contributed by atoms with Crippen LogP contribution in [0.5, 0.6) is 0 Å². The van der Waals surface area contributed by atoms with Gasteiger partial charge in [0.05, 0.1) is 6.33 Å². The maximum Gasteiger partial charge on any atom is 0.225 e. The molecule has 0 radical (unpaired) electrons. The van der Waals surface area contributed by atoms with E-state index in [1.54, 1.807) is 6.33 Å². The summed E-state index contributed by atoms with van der Waals surface area (Å²) in [4.78, 5) is 33.4. The number of piperidine rings is 2. The molecule has 1 amide bonds. The molecule has 2 aromatic rings. The summed E-state index contributed by atoms with van der Waals surface area (Å²) in [5.74, 6) is 1.12. The number of amides is 1. The Morgan fingerprint density at radius 2 is 2.00 bits per heavy atom. The minimum atomic E-state index is 0.154. The summed E-state index contributed by atoms with van der Waals surface area (Å²) >= 11 is 0. The quantitative estimate of drug-likeness (QED) is 0.896. The zero-order chi connectivity index (χ0) is 18.9. The van der Waals surface area contributed by atoms with Crippen molar-refractivity contribution < 1.29 is 4.79 Å². The lowest BCUT2D eigenvalue weighted by molar-refractivity contribution is -0.137. The van der Waals surface area contributed by atoms with Gasteiger partial charge in [0.2, 0.25) is 11.9 Å². The summed E-state index contributed by atoms with van der Waals surface area (Å²) in [6.07, 6.45) is 8.26. The number of carbonyl (C=O) groups excluding carboxylic acids is 1. The summed E-state index contributed by atoms with van der Waals surface area (Å²) in [5.41, 5.74) is 3.26. The van der Waals surface area contributed by atoms with Gasteiger partial charge in [0.25, 0.3) is 0 Å². The molecule has 27 heavy (non-hydrogen) atoms. The Hall–Kier alpha value is -2.44. The minimum Gasteiger partial charge on any atom is -0.348 e. The molecule has 0 aromatic carbocycles. The molecule has 7 nitrogen and oxygen atoms in total. The van der Waals surface area contributed by atoms with Crippen molar-refractivity contribution in [2.75, 3.05) is 31.1 Å². The Morgan fingerprint density at radius 1 is 1.19 bits per heavy atom. The number of nitrogens with one attached hydrogen (secondary N) is 1. The Morgan fingerprint density at radius 3 is 2.74 bits per heavy atom. The smallest absolute Gasteiger partial charge is 0.225 e. The molecule has 2 saturated heterocycles. The second-order valence-corrected chi connectivity index (χ2v) is 8.12. The summed E-state index contributed by atoms with van der Waals surface area (Å²) in [6, 6.07) is 2.01. The number of likely N-dealkylation sites (tertiary alicyclic amines) is 1. The Labute approximate surface area is 160 Å². The van der Waals surface area contributed by atoms with Crippen molar-refractivity contribution >= 4 is 11.9 Å². The third kappa shape index (κ3) is 3.96. The second kappa shape index (κ2) is 7.29. The van der Waals surface area contributed by atoms with E-state index in [0.717, 1.165) is 68.5 Å².